The van der Waals surface area contributed by atoms with Crippen LogP contribution in [-0.4, -0.2) is 6.61 Å². The maximum Gasteiger partial charge on any atom is 0.120 e. The van der Waals surface area contributed by atoms with Gasteiger partial charge in [-0.15, -0.1) is 0 Å². The van der Waals surface area contributed by atoms with Gasteiger partial charge in [-0.1, -0.05) is 70.0 Å². The smallest absolute Gasteiger partial charge is 0.120 e. The largest absolute Gasteiger partial charge is 0.494 e. The lowest BCUT2D eigenvalue weighted by atomic mass is 9.85. The van der Waals surface area contributed by atoms with E-state index in [4.69, 9.17) is 4.74 Å². The van der Waals surface area contributed by atoms with Crippen molar-refractivity contribution in [3.8, 4) is 5.75 Å². The molecule has 0 aromatic heterocycles. The lowest BCUT2D eigenvalue weighted by molar-refractivity contribution is 0.332. The van der Waals surface area contributed by atoms with Gasteiger partial charge in [0.2, 0.25) is 0 Å². The fraction of sp³-hybridized carbons (Fsp3) is 0.647. The third-order valence-corrected chi connectivity index (χ3v) is 5.81. The van der Waals surface area contributed by atoms with Crippen molar-refractivity contribution in [2.24, 2.45) is 5.92 Å². The summed E-state index contributed by atoms with van der Waals surface area (Å²) in [6.45, 7) is 2.73. The monoisotopic (exact) mass is 402 g/mol. The van der Waals surface area contributed by atoms with Gasteiger partial charge >= 0.3 is 0 Å². The van der Waals surface area contributed by atoms with E-state index in [1.165, 1.54) is 50.5 Å². The summed E-state index contributed by atoms with van der Waals surface area (Å²) in [5.74, 6) is 1.89. The average Bonchev–Trinajstić information content (AvgIpc) is 2.46. The summed E-state index contributed by atoms with van der Waals surface area (Å²) in [6.07, 6.45) is 9.74. The lowest BCUT2D eigenvalue weighted by Gasteiger charge is -2.23. The van der Waals surface area contributed by atoms with Crippen LogP contribution in [0.4, 0.5) is 0 Å². The highest BCUT2D eigenvalue weighted by atomic mass is 79.9. The minimum atomic E-state index is 0.439. The van der Waals surface area contributed by atoms with Gasteiger partial charge < -0.3 is 4.74 Å². The Balaban J connectivity index is 1.89. The van der Waals surface area contributed by atoms with E-state index < -0.39 is 0 Å². The first-order valence-corrected chi connectivity index (χ1v) is 9.48. The van der Waals surface area contributed by atoms with E-state index in [1.54, 1.807) is 0 Å². The Morgan fingerprint density at radius 1 is 1.25 bits per heavy atom. The van der Waals surface area contributed by atoms with Crippen LogP contribution in [0.3, 0.4) is 0 Å². The number of halogens is 2. The van der Waals surface area contributed by atoms with Crippen LogP contribution in [0.15, 0.2) is 22.7 Å². The Kier molecular flexibility index (Phi) is 6.89. The minimum absolute atomic E-state index is 0.439. The van der Waals surface area contributed by atoms with E-state index >= 15 is 0 Å². The molecule has 1 aliphatic rings. The maximum absolute atomic E-state index is 5.53. The Bertz CT molecular complexity index is 413. The molecule has 20 heavy (non-hydrogen) atoms. The highest BCUT2D eigenvalue weighted by Crippen LogP contribution is 2.38. The number of benzene rings is 1. The van der Waals surface area contributed by atoms with Crippen molar-refractivity contribution < 1.29 is 4.74 Å². The normalized spacial score (nSPS) is 17.9. The van der Waals surface area contributed by atoms with Crippen LogP contribution in [0.25, 0.3) is 0 Å². The molecule has 1 aromatic rings. The number of ether oxygens (including phenoxy) is 1. The van der Waals surface area contributed by atoms with Gasteiger partial charge in [-0.3, -0.25) is 0 Å². The molecule has 3 heteroatoms. The highest BCUT2D eigenvalue weighted by Gasteiger charge is 2.17. The Morgan fingerprint density at radius 2 is 2.00 bits per heavy atom. The van der Waals surface area contributed by atoms with Crippen LogP contribution in [0, 0.1) is 5.92 Å². The first-order chi connectivity index (χ1) is 9.70. The van der Waals surface area contributed by atoms with Crippen molar-refractivity contribution in [2.75, 3.05) is 6.61 Å². The van der Waals surface area contributed by atoms with Gasteiger partial charge in [0, 0.05) is 9.30 Å². The third kappa shape index (κ3) is 4.77. The molecule has 1 atom stereocenters. The standard InChI is InChI=1S/C17H24Br2O/c1-2-20-14-9-10-15(17(19)12-14)16(18)11-8-13-6-4-3-5-7-13/h9-10,12-13,16H,2-8,11H2,1H3. The molecular weight excluding hydrogens is 380 g/mol. The quantitative estimate of drug-likeness (QED) is 0.483. The summed E-state index contributed by atoms with van der Waals surface area (Å²) in [7, 11) is 0. The summed E-state index contributed by atoms with van der Waals surface area (Å²) < 4.78 is 6.68. The predicted octanol–water partition coefficient (Wildman–Crippen LogP) is 6.64. The summed E-state index contributed by atoms with van der Waals surface area (Å²) in [6, 6.07) is 6.32. The van der Waals surface area contributed by atoms with Crippen LogP contribution in [0.2, 0.25) is 0 Å². The zero-order chi connectivity index (χ0) is 14.4. The van der Waals surface area contributed by atoms with Crippen LogP contribution in [0.1, 0.15) is 62.3 Å². The van der Waals surface area contributed by atoms with Gasteiger partial charge in [0.05, 0.1) is 6.61 Å². The molecule has 1 nitrogen and oxygen atoms in total. The summed E-state index contributed by atoms with van der Waals surface area (Å²) in [5, 5.41) is 0. The second-order valence-electron chi connectivity index (χ2n) is 5.67. The van der Waals surface area contributed by atoms with E-state index in [2.05, 4.69) is 50.1 Å². The van der Waals surface area contributed by atoms with Gasteiger partial charge in [0.25, 0.3) is 0 Å². The fourth-order valence-corrected chi connectivity index (χ4v) is 4.64. The molecule has 1 unspecified atom stereocenters. The molecular formula is C17H24Br2O. The molecule has 0 amide bonds. The first-order valence-electron chi connectivity index (χ1n) is 7.77. The van der Waals surface area contributed by atoms with Crippen molar-refractivity contribution in [1.29, 1.82) is 0 Å². The van der Waals surface area contributed by atoms with E-state index in [0.717, 1.165) is 16.1 Å². The van der Waals surface area contributed by atoms with E-state index in [-0.39, 0.29) is 0 Å². The number of rotatable bonds is 6. The number of hydrogen-bond donors (Lipinski definition) is 0. The topological polar surface area (TPSA) is 9.23 Å². The summed E-state index contributed by atoms with van der Waals surface area (Å²) in [4.78, 5) is 0.439. The zero-order valence-electron chi connectivity index (χ0n) is 12.2. The van der Waals surface area contributed by atoms with Crippen molar-refractivity contribution in [3.05, 3.63) is 28.2 Å². The van der Waals surface area contributed by atoms with Gasteiger partial charge in [-0.25, -0.2) is 0 Å². The Morgan fingerprint density at radius 3 is 2.65 bits per heavy atom. The molecule has 2 rings (SSSR count). The molecule has 0 bridgehead atoms. The van der Waals surface area contributed by atoms with Gasteiger partial charge in [0.1, 0.15) is 5.75 Å². The molecule has 1 aromatic carbocycles. The van der Waals surface area contributed by atoms with Crippen LogP contribution < -0.4 is 4.74 Å². The van der Waals surface area contributed by atoms with E-state index in [0.29, 0.717) is 11.4 Å². The fourth-order valence-electron chi connectivity index (χ4n) is 3.03. The van der Waals surface area contributed by atoms with Crippen molar-refractivity contribution in [1.82, 2.24) is 0 Å². The second kappa shape index (κ2) is 8.43. The predicted molar refractivity (Wildman–Crippen MR) is 92.8 cm³/mol. The maximum atomic E-state index is 5.53. The third-order valence-electron chi connectivity index (χ3n) is 4.17. The van der Waals surface area contributed by atoms with Crippen molar-refractivity contribution >= 4 is 31.9 Å². The molecule has 0 radical (unpaired) electrons. The SMILES string of the molecule is CCOc1ccc(C(Br)CCC2CCCCC2)c(Br)c1. The Labute approximate surface area is 139 Å². The zero-order valence-corrected chi connectivity index (χ0v) is 15.4. The minimum Gasteiger partial charge on any atom is -0.494 e. The van der Waals surface area contributed by atoms with E-state index in [1.807, 2.05) is 6.92 Å². The summed E-state index contributed by atoms with van der Waals surface area (Å²) in [5.41, 5.74) is 1.34. The van der Waals surface area contributed by atoms with Crippen molar-refractivity contribution in [2.45, 2.75) is 56.7 Å². The average molecular weight is 404 g/mol. The molecule has 112 valence electrons. The van der Waals surface area contributed by atoms with Gasteiger partial charge in [0.15, 0.2) is 0 Å². The summed E-state index contributed by atoms with van der Waals surface area (Å²) >= 11 is 7.53. The van der Waals surface area contributed by atoms with Crippen LogP contribution in [-0.2, 0) is 0 Å². The highest BCUT2D eigenvalue weighted by molar-refractivity contribution is 9.11. The molecule has 0 spiro atoms. The van der Waals surface area contributed by atoms with Gasteiger partial charge in [-0.05, 0) is 43.4 Å². The molecule has 0 N–H and O–H groups in total. The van der Waals surface area contributed by atoms with Crippen molar-refractivity contribution in [3.63, 3.8) is 0 Å². The molecule has 0 heterocycles. The first kappa shape index (κ1) is 16.4. The van der Waals surface area contributed by atoms with Crippen LogP contribution >= 0.6 is 31.9 Å². The Hall–Kier alpha value is -0.0200. The number of hydrogen-bond acceptors (Lipinski definition) is 1. The van der Waals surface area contributed by atoms with Gasteiger partial charge in [-0.2, -0.15) is 0 Å². The number of alkyl halides is 1. The molecule has 0 saturated heterocycles. The van der Waals surface area contributed by atoms with E-state index in [9.17, 15) is 0 Å². The lowest BCUT2D eigenvalue weighted by Crippen LogP contribution is -2.07. The molecule has 1 aliphatic carbocycles. The molecule has 1 saturated carbocycles. The van der Waals surface area contributed by atoms with Crippen LogP contribution in [0.5, 0.6) is 5.75 Å². The second-order valence-corrected chi connectivity index (χ2v) is 7.62. The molecule has 1 fully saturated rings. The molecule has 0 aliphatic heterocycles.